The molecule has 0 amide bonds. The van der Waals surface area contributed by atoms with Gasteiger partial charge in [0, 0.05) is 27.1 Å². The van der Waals surface area contributed by atoms with E-state index in [-0.39, 0.29) is 11.9 Å². The maximum Gasteiger partial charge on any atom is 0.132 e. The van der Waals surface area contributed by atoms with Gasteiger partial charge < -0.3 is 10.5 Å². The Morgan fingerprint density at radius 3 is 2.82 bits per heavy atom. The minimum absolute atomic E-state index is 0.127. The summed E-state index contributed by atoms with van der Waals surface area (Å²) in [5.41, 5.74) is 6.61. The molecule has 0 spiro atoms. The van der Waals surface area contributed by atoms with Gasteiger partial charge in [0.15, 0.2) is 0 Å². The van der Waals surface area contributed by atoms with E-state index in [1.165, 1.54) is 6.07 Å². The number of halogens is 1. The van der Waals surface area contributed by atoms with Crippen molar-refractivity contribution in [3.05, 3.63) is 34.5 Å². The van der Waals surface area contributed by atoms with E-state index in [9.17, 15) is 4.39 Å². The molecule has 4 heteroatoms. The van der Waals surface area contributed by atoms with E-state index in [4.69, 9.17) is 10.5 Å². The maximum absolute atomic E-state index is 13.8. The van der Waals surface area contributed by atoms with Crippen molar-refractivity contribution in [3.63, 3.8) is 0 Å². The Hall–Kier alpha value is -0.970. The van der Waals surface area contributed by atoms with Gasteiger partial charge in [-0.15, -0.1) is 11.3 Å². The Bertz CT molecular complexity index is 521. The van der Waals surface area contributed by atoms with E-state index in [2.05, 4.69) is 0 Å². The number of nitrogens with two attached hydrogens (primary N) is 1. The molecule has 2 rings (SSSR count). The standard InChI is InChI=1S/C13H16FNOS/c1-8(2)16-7-9-12(6-15)17-11-5-3-4-10(14)13(9)11/h3-5,8H,6-7,15H2,1-2H3. The van der Waals surface area contributed by atoms with Gasteiger partial charge in [0.1, 0.15) is 5.82 Å². The zero-order valence-corrected chi connectivity index (χ0v) is 10.8. The molecule has 2 N–H and O–H groups in total. The highest BCUT2D eigenvalue weighted by atomic mass is 32.1. The molecule has 0 saturated heterocycles. The van der Waals surface area contributed by atoms with E-state index >= 15 is 0 Å². The molecule has 0 radical (unpaired) electrons. The van der Waals surface area contributed by atoms with Crippen LogP contribution in [-0.4, -0.2) is 6.10 Å². The lowest BCUT2D eigenvalue weighted by Crippen LogP contribution is -2.05. The molecule has 0 saturated carbocycles. The predicted octanol–water partition coefficient (Wildman–Crippen LogP) is 3.42. The third-order valence-corrected chi connectivity index (χ3v) is 3.81. The number of thiophene rings is 1. The van der Waals surface area contributed by atoms with Crippen molar-refractivity contribution in [1.82, 2.24) is 0 Å². The Balaban J connectivity index is 2.49. The minimum Gasteiger partial charge on any atom is -0.374 e. The van der Waals surface area contributed by atoms with Crippen LogP contribution in [0.25, 0.3) is 10.1 Å². The number of ether oxygens (including phenoxy) is 1. The normalized spacial score (nSPS) is 11.6. The SMILES string of the molecule is CC(C)OCc1c(CN)sc2cccc(F)c12. The summed E-state index contributed by atoms with van der Waals surface area (Å²) in [5.74, 6) is -0.194. The van der Waals surface area contributed by atoms with Crippen molar-refractivity contribution in [2.45, 2.75) is 33.1 Å². The van der Waals surface area contributed by atoms with Gasteiger partial charge in [0.2, 0.25) is 0 Å². The molecule has 1 heterocycles. The molecular weight excluding hydrogens is 237 g/mol. The monoisotopic (exact) mass is 253 g/mol. The summed E-state index contributed by atoms with van der Waals surface area (Å²) in [7, 11) is 0. The van der Waals surface area contributed by atoms with Crippen molar-refractivity contribution in [2.24, 2.45) is 5.73 Å². The van der Waals surface area contributed by atoms with Crippen molar-refractivity contribution < 1.29 is 9.13 Å². The molecule has 92 valence electrons. The molecule has 17 heavy (non-hydrogen) atoms. The fourth-order valence-corrected chi connectivity index (χ4v) is 2.89. The van der Waals surface area contributed by atoms with Crippen LogP contribution in [0.5, 0.6) is 0 Å². The van der Waals surface area contributed by atoms with Gasteiger partial charge in [-0.3, -0.25) is 0 Å². The predicted molar refractivity (Wildman–Crippen MR) is 69.6 cm³/mol. The smallest absolute Gasteiger partial charge is 0.132 e. The summed E-state index contributed by atoms with van der Waals surface area (Å²) in [6.45, 7) is 4.78. The fourth-order valence-electron chi connectivity index (χ4n) is 1.78. The Labute approximate surface area is 104 Å². The molecule has 0 aliphatic carbocycles. The van der Waals surface area contributed by atoms with Crippen LogP contribution in [0.1, 0.15) is 24.3 Å². The molecule has 0 fully saturated rings. The van der Waals surface area contributed by atoms with Crippen molar-refractivity contribution >= 4 is 21.4 Å². The third kappa shape index (κ3) is 2.49. The first kappa shape index (κ1) is 12.5. The van der Waals surface area contributed by atoms with E-state index in [0.717, 1.165) is 15.1 Å². The molecule has 2 nitrogen and oxygen atoms in total. The first-order valence-electron chi connectivity index (χ1n) is 5.64. The van der Waals surface area contributed by atoms with Gasteiger partial charge in [-0.1, -0.05) is 6.07 Å². The molecule has 0 aliphatic rings. The quantitative estimate of drug-likeness (QED) is 0.906. The number of rotatable bonds is 4. The van der Waals surface area contributed by atoms with Crippen LogP contribution >= 0.6 is 11.3 Å². The first-order chi connectivity index (χ1) is 8.13. The average molecular weight is 253 g/mol. The van der Waals surface area contributed by atoms with Crippen LogP contribution in [0.15, 0.2) is 18.2 Å². The summed E-state index contributed by atoms with van der Waals surface area (Å²) in [5, 5.41) is 0.665. The summed E-state index contributed by atoms with van der Waals surface area (Å²) in [6, 6.07) is 5.12. The Morgan fingerprint density at radius 1 is 1.41 bits per heavy atom. The minimum atomic E-state index is -0.194. The van der Waals surface area contributed by atoms with Crippen LogP contribution in [0, 0.1) is 5.82 Å². The number of benzene rings is 1. The summed E-state index contributed by atoms with van der Waals surface area (Å²) >= 11 is 1.54. The Kier molecular flexibility index (Phi) is 3.76. The lowest BCUT2D eigenvalue weighted by molar-refractivity contribution is 0.0661. The van der Waals surface area contributed by atoms with Gasteiger partial charge in [0.05, 0.1) is 12.7 Å². The summed E-state index contributed by atoms with van der Waals surface area (Å²) < 4.78 is 20.3. The number of hydrogen-bond acceptors (Lipinski definition) is 3. The van der Waals surface area contributed by atoms with Crippen LogP contribution in [0.3, 0.4) is 0 Å². The molecule has 0 aliphatic heterocycles. The molecule has 0 bridgehead atoms. The second kappa shape index (κ2) is 5.12. The lowest BCUT2D eigenvalue weighted by Gasteiger charge is -2.08. The zero-order valence-electron chi connectivity index (χ0n) is 10.00. The van der Waals surface area contributed by atoms with Crippen LogP contribution < -0.4 is 5.73 Å². The highest BCUT2D eigenvalue weighted by Crippen LogP contribution is 2.33. The molecule has 0 unspecified atom stereocenters. The van der Waals surface area contributed by atoms with Crippen LogP contribution in [-0.2, 0) is 17.9 Å². The molecule has 0 atom stereocenters. The average Bonchev–Trinajstić information content (AvgIpc) is 2.65. The van der Waals surface area contributed by atoms with E-state index < -0.39 is 0 Å². The first-order valence-corrected chi connectivity index (χ1v) is 6.45. The van der Waals surface area contributed by atoms with Crippen molar-refractivity contribution in [2.75, 3.05) is 0 Å². The van der Waals surface area contributed by atoms with Crippen molar-refractivity contribution in [3.8, 4) is 0 Å². The molecule has 2 aromatic rings. The number of fused-ring (bicyclic) bond motifs is 1. The van der Waals surface area contributed by atoms with Gasteiger partial charge in [-0.05, 0) is 26.0 Å². The molecular formula is C13H16FNOS. The van der Waals surface area contributed by atoms with Crippen LogP contribution in [0.2, 0.25) is 0 Å². The van der Waals surface area contributed by atoms with E-state index in [0.29, 0.717) is 18.5 Å². The lowest BCUT2D eigenvalue weighted by atomic mass is 10.1. The molecule has 1 aromatic heterocycles. The fraction of sp³-hybridized carbons (Fsp3) is 0.385. The van der Waals surface area contributed by atoms with Gasteiger partial charge >= 0.3 is 0 Å². The van der Waals surface area contributed by atoms with E-state index in [1.807, 2.05) is 19.9 Å². The maximum atomic E-state index is 13.8. The van der Waals surface area contributed by atoms with Crippen LogP contribution in [0.4, 0.5) is 4.39 Å². The number of hydrogen-bond donors (Lipinski definition) is 1. The Morgan fingerprint density at radius 2 is 2.18 bits per heavy atom. The van der Waals surface area contributed by atoms with Gasteiger partial charge in [-0.2, -0.15) is 0 Å². The molecule has 1 aromatic carbocycles. The van der Waals surface area contributed by atoms with Gasteiger partial charge in [-0.25, -0.2) is 4.39 Å². The largest absolute Gasteiger partial charge is 0.374 e. The van der Waals surface area contributed by atoms with Crippen molar-refractivity contribution in [1.29, 1.82) is 0 Å². The highest BCUT2D eigenvalue weighted by molar-refractivity contribution is 7.19. The second-order valence-corrected chi connectivity index (χ2v) is 5.32. The second-order valence-electron chi connectivity index (χ2n) is 4.18. The third-order valence-electron chi connectivity index (χ3n) is 2.59. The summed E-state index contributed by atoms with van der Waals surface area (Å²) in [4.78, 5) is 1.01. The topological polar surface area (TPSA) is 35.2 Å². The zero-order chi connectivity index (χ0) is 12.4. The summed E-state index contributed by atoms with van der Waals surface area (Å²) in [6.07, 6.45) is 0.127. The van der Waals surface area contributed by atoms with Gasteiger partial charge in [0.25, 0.3) is 0 Å². The van der Waals surface area contributed by atoms with E-state index in [1.54, 1.807) is 17.4 Å². The highest BCUT2D eigenvalue weighted by Gasteiger charge is 2.14.